The van der Waals surface area contributed by atoms with Crippen LogP contribution in [0.25, 0.3) is 0 Å². The Kier molecular flexibility index (Phi) is 9.05. The molecule has 11 heteroatoms. The van der Waals surface area contributed by atoms with Crippen LogP contribution in [0.5, 0.6) is 5.75 Å². The minimum absolute atomic E-state index is 0.211. The molecule has 200 valence electrons. The predicted molar refractivity (Wildman–Crippen MR) is 156 cm³/mol. The van der Waals surface area contributed by atoms with Crippen molar-refractivity contribution in [3.8, 4) is 5.75 Å². The summed E-state index contributed by atoms with van der Waals surface area (Å²) in [7, 11) is -0.982. The predicted octanol–water partition coefficient (Wildman–Crippen LogP) is 5.46. The maximum Gasteiger partial charge on any atom is 0.248 e. The largest absolute Gasteiger partial charge is 0.495 e. The molecule has 1 aliphatic rings. The summed E-state index contributed by atoms with van der Waals surface area (Å²) in [4.78, 5) is 23.5. The Bertz CT molecular complexity index is 1370. The quantitative estimate of drug-likeness (QED) is 0.224. The van der Waals surface area contributed by atoms with Crippen molar-refractivity contribution in [2.45, 2.75) is 12.8 Å². The maximum atomic E-state index is 12.7. The topological polar surface area (TPSA) is 108 Å². The lowest BCUT2D eigenvalue weighted by atomic mass is 10.2. The number of methoxy groups -OCH3 is 1. The lowest BCUT2D eigenvalue weighted by Gasteiger charge is -2.16. The lowest BCUT2D eigenvalue weighted by molar-refractivity contribution is -0.111. The summed E-state index contributed by atoms with van der Waals surface area (Å²) in [5.74, 6) is 0.954. The average Bonchev–Trinajstić information content (AvgIpc) is 3.39. The zero-order valence-corrected chi connectivity index (χ0v) is 23.4. The lowest BCUT2D eigenvalue weighted by Crippen LogP contribution is -2.19. The molecule has 0 saturated carbocycles. The molecule has 9 nitrogen and oxygen atoms in total. The van der Waals surface area contributed by atoms with E-state index < -0.39 is 7.14 Å². The summed E-state index contributed by atoms with van der Waals surface area (Å²) >= 11 is 6.37. The van der Waals surface area contributed by atoms with Gasteiger partial charge in [0.1, 0.15) is 17.9 Å². The highest BCUT2D eigenvalue weighted by Gasteiger charge is 2.17. The number of likely N-dealkylation sites (tertiary alicyclic amines) is 1. The number of halogens is 1. The number of hydrogen-bond donors (Lipinski definition) is 3. The molecule has 1 fully saturated rings. The van der Waals surface area contributed by atoms with Gasteiger partial charge in [-0.3, -0.25) is 9.69 Å². The number of carbonyl (C=O) groups excluding carboxylic acids is 1. The number of anilines is 5. The highest BCUT2D eigenvalue weighted by Crippen LogP contribution is 2.39. The van der Waals surface area contributed by atoms with Gasteiger partial charge in [-0.2, -0.15) is 4.98 Å². The molecule has 38 heavy (non-hydrogen) atoms. The third kappa shape index (κ3) is 7.34. The van der Waals surface area contributed by atoms with Crippen molar-refractivity contribution >= 4 is 58.8 Å². The van der Waals surface area contributed by atoms with E-state index in [0.717, 1.165) is 19.6 Å². The van der Waals surface area contributed by atoms with Crippen LogP contribution in [-0.2, 0) is 9.36 Å². The van der Waals surface area contributed by atoms with Gasteiger partial charge in [0.05, 0.1) is 24.7 Å². The van der Waals surface area contributed by atoms with Gasteiger partial charge in [-0.1, -0.05) is 29.8 Å². The molecule has 2 aromatic carbocycles. The van der Waals surface area contributed by atoms with E-state index in [4.69, 9.17) is 16.3 Å². The van der Waals surface area contributed by atoms with E-state index in [9.17, 15) is 9.36 Å². The Morgan fingerprint density at radius 1 is 1.13 bits per heavy atom. The molecule has 0 spiro atoms. The first kappa shape index (κ1) is 27.6. The van der Waals surface area contributed by atoms with Crippen LogP contribution < -0.4 is 26.0 Å². The van der Waals surface area contributed by atoms with Crippen molar-refractivity contribution in [3.63, 3.8) is 0 Å². The number of ether oxygens (including phenoxy) is 1. The highest BCUT2D eigenvalue weighted by atomic mass is 35.5. The van der Waals surface area contributed by atoms with Gasteiger partial charge in [-0.25, -0.2) is 4.98 Å². The van der Waals surface area contributed by atoms with Gasteiger partial charge < -0.3 is 25.3 Å². The van der Waals surface area contributed by atoms with E-state index >= 15 is 0 Å². The standard InChI is InChI=1S/C27H32ClN6O3P/c1-37-23-13-12-19(30-25(35)11-8-16-34-14-6-7-15-34)17-22(23)32-27-29-18-20(28)26(33-27)31-21-9-4-5-10-24(21)38(2,3)36/h4-5,8-13,17-18H,6-7,14-16H2,1-3H3,(H,30,35)(H2,29,31,32,33). The minimum Gasteiger partial charge on any atom is -0.495 e. The molecule has 0 aliphatic carbocycles. The molecule has 1 saturated heterocycles. The van der Waals surface area contributed by atoms with Crippen LogP contribution in [0.15, 0.2) is 60.8 Å². The van der Waals surface area contributed by atoms with Gasteiger partial charge in [0.15, 0.2) is 5.82 Å². The number of aromatic nitrogens is 2. The average molecular weight is 555 g/mol. The molecule has 4 rings (SSSR count). The molecule has 3 aromatic rings. The van der Waals surface area contributed by atoms with Crippen LogP contribution in [0.4, 0.5) is 28.8 Å². The number of hydrogen-bond acceptors (Lipinski definition) is 8. The number of para-hydroxylation sites is 1. The fourth-order valence-electron chi connectivity index (χ4n) is 4.15. The first-order chi connectivity index (χ1) is 18.2. The molecule has 0 radical (unpaired) electrons. The van der Waals surface area contributed by atoms with Crippen LogP contribution in [0.3, 0.4) is 0 Å². The zero-order valence-electron chi connectivity index (χ0n) is 21.7. The summed E-state index contributed by atoms with van der Waals surface area (Å²) in [6.45, 7) is 6.35. The van der Waals surface area contributed by atoms with Crippen LogP contribution in [0.2, 0.25) is 5.02 Å². The summed E-state index contributed by atoms with van der Waals surface area (Å²) in [5.41, 5.74) is 1.81. The molecule has 0 unspecified atom stereocenters. The SMILES string of the molecule is COc1ccc(NC(=O)C=CCN2CCCC2)cc1Nc1ncc(Cl)c(Nc2ccccc2P(C)(C)=O)n1. The third-order valence-electron chi connectivity index (χ3n) is 6.03. The van der Waals surface area contributed by atoms with Crippen LogP contribution in [0, 0.1) is 0 Å². The summed E-state index contributed by atoms with van der Waals surface area (Å²) in [5, 5.41) is 10.2. The van der Waals surface area contributed by atoms with Gasteiger partial charge >= 0.3 is 0 Å². The van der Waals surface area contributed by atoms with E-state index in [1.807, 2.05) is 30.3 Å². The van der Waals surface area contributed by atoms with Crippen molar-refractivity contribution in [2.75, 3.05) is 56.0 Å². The molecular weight excluding hydrogens is 523 g/mol. The summed E-state index contributed by atoms with van der Waals surface area (Å²) in [6, 6.07) is 12.6. The van der Waals surface area contributed by atoms with Gasteiger partial charge in [0.25, 0.3) is 0 Å². The van der Waals surface area contributed by atoms with Crippen LogP contribution >= 0.6 is 18.7 Å². The number of nitrogens with zero attached hydrogens (tertiary/aromatic N) is 3. The van der Waals surface area contributed by atoms with E-state index in [1.54, 1.807) is 44.7 Å². The molecule has 3 N–H and O–H groups in total. The van der Waals surface area contributed by atoms with Crippen molar-refractivity contribution in [1.82, 2.24) is 14.9 Å². The number of carbonyl (C=O) groups is 1. The second-order valence-electron chi connectivity index (χ2n) is 9.32. The Morgan fingerprint density at radius 3 is 2.63 bits per heavy atom. The van der Waals surface area contributed by atoms with E-state index in [-0.39, 0.29) is 11.9 Å². The summed E-state index contributed by atoms with van der Waals surface area (Å²) in [6.07, 6.45) is 7.34. The normalized spacial score (nSPS) is 14.0. The molecular formula is C27H32ClN6O3P. The van der Waals surface area contributed by atoms with Crippen LogP contribution in [-0.4, -0.2) is 60.8 Å². The molecule has 0 bridgehead atoms. The summed E-state index contributed by atoms with van der Waals surface area (Å²) < 4.78 is 18.2. The van der Waals surface area contributed by atoms with Crippen molar-refractivity contribution in [1.29, 1.82) is 0 Å². The van der Waals surface area contributed by atoms with E-state index in [1.165, 1.54) is 19.0 Å². The highest BCUT2D eigenvalue weighted by molar-refractivity contribution is 7.70. The van der Waals surface area contributed by atoms with E-state index in [2.05, 4.69) is 30.8 Å². The number of rotatable bonds is 10. The van der Waals surface area contributed by atoms with Crippen LogP contribution in [0.1, 0.15) is 12.8 Å². The smallest absolute Gasteiger partial charge is 0.248 e. The van der Waals surface area contributed by atoms with Gasteiger partial charge in [0, 0.05) is 23.6 Å². The first-order valence-electron chi connectivity index (χ1n) is 12.3. The number of amides is 1. The number of nitrogens with one attached hydrogen (secondary N) is 3. The second-order valence-corrected chi connectivity index (χ2v) is 12.9. The minimum atomic E-state index is -2.54. The Balaban J connectivity index is 1.50. The second kappa shape index (κ2) is 12.4. The fourth-order valence-corrected chi connectivity index (χ4v) is 5.45. The van der Waals surface area contributed by atoms with Gasteiger partial charge in [-0.15, -0.1) is 0 Å². The maximum absolute atomic E-state index is 12.7. The zero-order chi connectivity index (χ0) is 27.1. The molecule has 1 amide bonds. The van der Waals surface area contributed by atoms with Crippen molar-refractivity contribution < 1.29 is 14.1 Å². The first-order valence-corrected chi connectivity index (χ1v) is 15.3. The fraction of sp³-hybridized carbons (Fsp3) is 0.296. The van der Waals surface area contributed by atoms with E-state index in [0.29, 0.717) is 39.0 Å². The van der Waals surface area contributed by atoms with Crippen molar-refractivity contribution in [3.05, 3.63) is 65.8 Å². The van der Waals surface area contributed by atoms with Crippen molar-refractivity contribution in [2.24, 2.45) is 0 Å². The molecule has 1 aliphatic heterocycles. The molecule has 2 heterocycles. The molecule has 0 atom stereocenters. The Hall–Kier alpha value is -3.39. The Labute approximate surface area is 228 Å². The van der Waals surface area contributed by atoms with Gasteiger partial charge in [0.2, 0.25) is 11.9 Å². The van der Waals surface area contributed by atoms with Gasteiger partial charge in [-0.05, 0) is 69.6 Å². The molecule has 1 aromatic heterocycles. The third-order valence-corrected chi connectivity index (χ3v) is 7.85. The Morgan fingerprint density at radius 2 is 1.89 bits per heavy atom. The monoisotopic (exact) mass is 554 g/mol. The number of benzene rings is 2.